The summed E-state index contributed by atoms with van der Waals surface area (Å²) in [6, 6.07) is 0.147. The van der Waals surface area contributed by atoms with Crippen LogP contribution in [0.5, 0.6) is 0 Å². The number of amides is 1. The molecule has 6 heteroatoms. The molecule has 0 radical (unpaired) electrons. The van der Waals surface area contributed by atoms with E-state index in [1.54, 1.807) is 0 Å². The van der Waals surface area contributed by atoms with E-state index in [1.165, 1.54) is 0 Å². The molecule has 0 N–H and O–H groups in total. The average molecular weight is 260 g/mol. The molecule has 0 spiro atoms. The Labute approximate surface area is 103 Å². The number of sulfone groups is 1. The lowest BCUT2D eigenvalue weighted by molar-refractivity contribution is -0.133. The molecule has 1 atom stereocenters. The maximum atomic E-state index is 12.1. The highest BCUT2D eigenvalue weighted by atomic mass is 32.2. The summed E-state index contributed by atoms with van der Waals surface area (Å²) in [5, 5.41) is 0. The van der Waals surface area contributed by atoms with Crippen molar-refractivity contribution < 1.29 is 13.2 Å². The normalized spacial score (nSPS) is 30.2. The lowest BCUT2D eigenvalue weighted by Gasteiger charge is -2.31. The van der Waals surface area contributed by atoms with Crippen LogP contribution in [0.3, 0.4) is 0 Å². The van der Waals surface area contributed by atoms with Gasteiger partial charge in [0.2, 0.25) is 5.91 Å². The second-order valence-electron chi connectivity index (χ2n) is 5.12. The number of nitrogens with zero attached hydrogens (tertiary/aromatic N) is 2. The van der Waals surface area contributed by atoms with Gasteiger partial charge in [0, 0.05) is 25.7 Å². The first-order valence-corrected chi connectivity index (χ1v) is 7.98. The van der Waals surface area contributed by atoms with Crippen LogP contribution in [0.15, 0.2) is 0 Å². The average Bonchev–Trinajstić information content (AvgIpc) is 2.60. The minimum Gasteiger partial charge on any atom is -0.339 e. The van der Waals surface area contributed by atoms with Crippen molar-refractivity contribution in [3.63, 3.8) is 0 Å². The fraction of sp³-hybridized carbons (Fsp3) is 0.909. The van der Waals surface area contributed by atoms with Crippen LogP contribution in [-0.2, 0) is 14.6 Å². The van der Waals surface area contributed by atoms with Gasteiger partial charge in [0.15, 0.2) is 9.84 Å². The Morgan fingerprint density at radius 1 is 1.18 bits per heavy atom. The van der Waals surface area contributed by atoms with Gasteiger partial charge in [0.25, 0.3) is 0 Å². The van der Waals surface area contributed by atoms with Gasteiger partial charge in [-0.2, -0.15) is 0 Å². The molecule has 1 amide bonds. The summed E-state index contributed by atoms with van der Waals surface area (Å²) < 4.78 is 22.7. The first-order valence-electron chi connectivity index (χ1n) is 6.16. The lowest BCUT2D eigenvalue weighted by Crippen LogP contribution is -2.49. The van der Waals surface area contributed by atoms with Crippen molar-refractivity contribution in [2.75, 3.05) is 31.1 Å². The van der Waals surface area contributed by atoms with Crippen molar-refractivity contribution in [2.24, 2.45) is 0 Å². The SMILES string of the molecule is CC(C)N1CC[C@H](N2CCS(=O)(=O)CC2)C1=O. The van der Waals surface area contributed by atoms with E-state index in [9.17, 15) is 13.2 Å². The summed E-state index contributed by atoms with van der Waals surface area (Å²) in [5.74, 6) is 0.552. The molecule has 5 nitrogen and oxygen atoms in total. The first-order chi connectivity index (χ1) is 7.91. The van der Waals surface area contributed by atoms with Crippen molar-refractivity contribution in [1.82, 2.24) is 9.80 Å². The van der Waals surface area contributed by atoms with E-state index in [-0.39, 0.29) is 29.5 Å². The molecular formula is C11H20N2O3S. The molecule has 2 aliphatic rings. The van der Waals surface area contributed by atoms with Gasteiger partial charge in [-0.25, -0.2) is 8.42 Å². The number of carbonyl (C=O) groups excluding carboxylic acids is 1. The molecule has 17 heavy (non-hydrogen) atoms. The molecule has 0 aromatic rings. The van der Waals surface area contributed by atoms with Crippen LogP contribution in [0.2, 0.25) is 0 Å². The van der Waals surface area contributed by atoms with Crippen LogP contribution in [0, 0.1) is 0 Å². The Hall–Kier alpha value is -0.620. The van der Waals surface area contributed by atoms with Crippen LogP contribution in [-0.4, -0.2) is 67.3 Å². The Bertz CT molecular complexity index is 391. The van der Waals surface area contributed by atoms with Gasteiger partial charge in [-0.15, -0.1) is 0 Å². The molecule has 2 heterocycles. The Morgan fingerprint density at radius 2 is 1.76 bits per heavy atom. The van der Waals surface area contributed by atoms with Gasteiger partial charge in [0.1, 0.15) is 0 Å². The van der Waals surface area contributed by atoms with Crippen molar-refractivity contribution in [3.05, 3.63) is 0 Å². The summed E-state index contributed by atoms with van der Waals surface area (Å²) >= 11 is 0. The topological polar surface area (TPSA) is 57.7 Å². The molecular weight excluding hydrogens is 240 g/mol. The fourth-order valence-electron chi connectivity index (χ4n) is 2.58. The largest absolute Gasteiger partial charge is 0.339 e. The fourth-order valence-corrected chi connectivity index (χ4v) is 3.81. The molecule has 98 valence electrons. The molecule has 2 rings (SSSR count). The number of hydrogen-bond donors (Lipinski definition) is 0. The summed E-state index contributed by atoms with van der Waals surface area (Å²) in [6.07, 6.45) is 0.830. The van der Waals surface area contributed by atoms with Gasteiger partial charge in [0.05, 0.1) is 17.5 Å². The van der Waals surface area contributed by atoms with Gasteiger partial charge in [-0.3, -0.25) is 9.69 Å². The molecule has 2 aliphatic heterocycles. The minimum absolute atomic E-state index is 0.0899. The second-order valence-corrected chi connectivity index (χ2v) is 7.42. The van der Waals surface area contributed by atoms with Gasteiger partial charge in [-0.05, 0) is 20.3 Å². The van der Waals surface area contributed by atoms with Crippen LogP contribution in [0.25, 0.3) is 0 Å². The third-order valence-corrected chi connectivity index (χ3v) is 5.26. The van der Waals surface area contributed by atoms with Crippen LogP contribution < -0.4 is 0 Å². The predicted molar refractivity (Wildman–Crippen MR) is 65.5 cm³/mol. The van der Waals surface area contributed by atoms with E-state index in [4.69, 9.17) is 0 Å². The number of rotatable bonds is 2. The molecule has 0 aliphatic carbocycles. The van der Waals surface area contributed by atoms with Crippen molar-refractivity contribution in [2.45, 2.75) is 32.4 Å². The molecule has 0 aromatic heterocycles. The van der Waals surface area contributed by atoms with Gasteiger partial charge >= 0.3 is 0 Å². The Balaban J connectivity index is 1.99. The maximum absolute atomic E-state index is 12.1. The van der Waals surface area contributed by atoms with E-state index in [0.29, 0.717) is 13.1 Å². The smallest absolute Gasteiger partial charge is 0.240 e. The summed E-state index contributed by atoms with van der Waals surface area (Å²) in [4.78, 5) is 16.1. The van der Waals surface area contributed by atoms with E-state index < -0.39 is 9.84 Å². The molecule has 2 fully saturated rings. The minimum atomic E-state index is -2.86. The van der Waals surface area contributed by atoms with Crippen LogP contribution in [0.1, 0.15) is 20.3 Å². The second kappa shape index (κ2) is 4.57. The monoisotopic (exact) mass is 260 g/mol. The third-order valence-electron chi connectivity index (χ3n) is 3.65. The molecule has 0 saturated carbocycles. The highest BCUT2D eigenvalue weighted by Gasteiger charge is 2.38. The van der Waals surface area contributed by atoms with E-state index in [0.717, 1.165) is 13.0 Å². The lowest BCUT2D eigenvalue weighted by atomic mass is 10.2. The Kier molecular flexibility index (Phi) is 3.45. The highest BCUT2D eigenvalue weighted by molar-refractivity contribution is 7.91. The maximum Gasteiger partial charge on any atom is 0.240 e. The first kappa shape index (κ1) is 12.8. The standard InChI is InChI=1S/C11H20N2O3S/c1-9(2)13-4-3-10(11(13)14)12-5-7-17(15,16)8-6-12/h9-10H,3-8H2,1-2H3/t10-/m0/s1. The molecule has 0 unspecified atom stereocenters. The van der Waals surface area contributed by atoms with Crippen LogP contribution in [0.4, 0.5) is 0 Å². The zero-order valence-electron chi connectivity index (χ0n) is 10.4. The van der Waals surface area contributed by atoms with E-state index in [2.05, 4.69) is 0 Å². The van der Waals surface area contributed by atoms with Crippen molar-refractivity contribution >= 4 is 15.7 Å². The third kappa shape index (κ3) is 2.63. The Morgan fingerprint density at radius 3 is 2.24 bits per heavy atom. The highest BCUT2D eigenvalue weighted by Crippen LogP contribution is 2.21. The quantitative estimate of drug-likeness (QED) is 0.685. The number of hydrogen-bond acceptors (Lipinski definition) is 4. The van der Waals surface area contributed by atoms with Crippen LogP contribution >= 0.6 is 0 Å². The molecule has 2 saturated heterocycles. The summed E-state index contributed by atoms with van der Waals surface area (Å²) in [5.41, 5.74) is 0. The summed E-state index contributed by atoms with van der Waals surface area (Å²) in [7, 11) is -2.86. The van der Waals surface area contributed by atoms with E-state index >= 15 is 0 Å². The molecule has 0 bridgehead atoms. The summed E-state index contributed by atoms with van der Waals surface area (Å²) in [6.45, 7) is 5.83. The van der Waals surface area contributed by atoms with Crippen molar-refractivity contribution in [1.29, 1.82) is 0 Å². The predicted octanol–water partition coefficient (Wildman–Crippen LogP) is -0.274. The molecule has 0 aromatic carbocycles. The van der Waals surface area contributed by atoms with Crippen molar-refractivity contribution in [3.8, 4) is 0 Å². The van der Waals surface area contributed by atoms with E-state index in [1.807, 2.05) is 23.6 Å². The zero-order chi connectivity index (χ0) is 12.6. The van der Waals surface area contributed by atoms with Gasteiger partial charge in [-0.1, -0.05) is 0 Å². The number of carbonyl (C=O) groups is 1. The number of likely N-dealkylation sites (tertiary alicyclic amines) is 1. The van der Waals surface area contributed by atoms with Gasteiger partial charge < -0.3 is 4.90 Å². The zero-order valence-corrected chi connectivity index (χ0v) is 11.2.